The molecule has 0 bridgehead atoms. The number of likely N-dealkylation sites (N-methyl/N-ethyl adjacent to an activating group) is 1. The van der Waals surface area contributed by atoms with E-state index >= 15 is 0 Å². The van der Waals surface area contributed by atoms with Crippen LogP contribution in [0.5, 0.6) is 11.5 Å². The highest BCUT2D eigenvalue weighted by atomic mass is 127. The highest BCUT2D eigenvalue weighted by Crippen LogP contribution is 2.31. The lowest BCUT2D eigenvalue weighted by atomic mass is 10.1. The number of nitrogens with zero attached hydrogens (tertiary/aromatic N) is 3. The van der Waals surface area contributed by atoms with Crippen molar-refractivity contribution in [2.75, 3.05) is 54.6 Å². The van der Waals surface area contributed by atoms with Crippen molar-refractivity contribution in [2.24, 2.45) is 10.7 Å². The number of likely N-dealkylation sites (tertiary alicyclic amines) is 1. The number of amides is 1. The zero-order valence-corrected chi connectivity index (χ0v) is 21.4. The molecule has 2 rings (SSSR count). The molecule has 176 valence electrons. The molecule has 0 aromatic heterocycles. The van der Waals surface area contributed by atoms with Crippen LogP contribution >= 0.6 is 24.0 Å². The van der Waals surface area contributed by atoms with Crippen molar-refractivity contribution in [3.8, 4) is 11.5 Å². The van der Waals surface area contributed by atoms with Crippen molar-refractivity contribution in [2.45, 2.75) is 31.8 Å². The fraction of sp³-hybridized carbons (Fsp3) is 0.619. The number of carbonyl (C=O) groups is 1. The summed E-state index contributed by atoms with van der Waals surface area (Å²) < 4.78 is 15.8. The Morgan fingerprint density at radius 1 is 1.26 bits per heavy atom. The topological polar surface area (TPSA) is 102 Å². The Hall–Kier alpha value is -1.95. The number of rotatable bonds is 8. The summed E-state index contributed by atoms with van der Waals surface area (Å²) in [6.45, 7) is 4.00. The molecule has 1 fully saturated rings. The summed E-state index contributed by atoms with van der Waals surface area (Å²) >= 11 is 0. The van der Waals surface area contributed by atoms with Gasteiger partial charge in [0.15, 0.2) is 17.5 Å². The third kappa shape index (κ3) is 7.91. The number of aliphatic imine (C=N–C) groups is 1. The summed E-state index contributed by atoms with van der Waals surface area (Å²) in [5, 5.41) is 3.28. The van der Waals surface area contributed by atoms with Crippen molar-refractivity contribution in [3.05, 3.63) is 23.8 Å². The molecular weight excluding hydrogens is 513 g/mol. The minimum Gasteiger partial charge on any atom is -0.493 e. The van der Waals surface area contributed by atoms with Crippen LogP contribution in [0, 0.1) is 0 Å². The van der Waals surface area contributed by atoms with Gasteiger partial charge >= 0.3 is 6.09 Å². The van der Waals surface area contributed by atoms with Crippen LogP contribution in [0.15, 0.2) is 23.2 Å². The van der Waals surface area contributed by atoms with E-state index in [1.807, 2.05) is 39.2 Å². The lowest BCUT2D eigenvalue weighted by Crippen LogP contribution is -2.48. The third-order valence-electron chi connectivity index (χ3n) is 5.22. The first-order chi connectivity index (χ1) is 14.4. The fourth-order valence-electron chi connectivity index (χ4n) is 3.49. The summed E-state index contributed by atoms with van der Waals surface area (Å²) in [4.78, 5) is 20.2. The number of carbonyl (C=O) groups excluding carboxylic acids is 1. The number of hydrogen-bond acceptors (Lipinski definition) is 6. The van der Waals surface area contributed by atoms with Gasteiger partial charge in [-0.05, 0) is 51.6 Å². The van der Waals surface area contributed by atoms with E-state index in [-0.39, 0.29) is 42.2 Å². The first-order valence-corrected chi connectivity index (χ1v) is 10.3. The molecule has 1 saturated heterocycles. The standard InChI is InChI=1S/C21H35N5O4.HI/c1-6-30-21(27)26-11-9-16(10-12-26)24-20(22)23-14-17(25(2)3)15-7-8-18(28-4)19(13-15)29-5;/h7-8,13,16-17H,6,9-12,14H2,1-5H3,(H3,22,23,24);1H. The van der Waals surface area contributed by atoms with Crippen molar-refractivity contribution in [3.63, 3.8) is 0 Å². The minimum absolute atomic E-state index is 0. The molecule has 1 aliphatic rings. The Balaban J connectivity index is 0.00000480. The van der Waals surface area contributed by atoms with Gasteiger partial charge in [0.1, 0.15) is 0 Å². The fourth-order valence-corrected chi connectivity index (χ4v) is 3.49. The molecule has 1 aromatic rings. The van der Waals surface area contributed by atoms with Gasteiger partial charge in [0.2, 0.25) is 0 Å². The second-order valence-corrected chi connectivity index (χ2v) is 7.42. The zero-order chi connectivity index (χ0) is 22.1. The monoisotopic (exact) mass is 549 g/mol. The number of halogens is 1. The Morgan fingerprint density at radius 3 is 2.45 bits per heavy atom. The SMILES string of the molecule is CCOC(=O)N1CCC(NC(N)=NCC(c2ccc(OC)c(OC)c2)N(C)C)CC1.I. The molecule has 1 amide bonds. The molecule has 0 aliphatic carbocycles. The summed E-state index contributed by atoms with van der Waals surface area (Å²) in [5.74, 6) is 1.79. The Kier molecular flexibility index (Phi) is 11.8. The van der Waals surface area contributed by atoms with E-state index in [1.165, 1.54) is 0 Å². The van der Waals surface area contributed by atoms with E-state index in [4.69, 9.17) is 19.9 Å². The quantitative estimate of drug-likeness (QED) is 0.292. The molecule has 0 spiro atoms. The van der Waals surface area contributed by atoms with E-state index in [0.29, 0.717) is 43.7 Å². The van der Waals surface area contributed by atoms with Crippen LogP contribution in [0.2, 0.25) is 0 Å². The number of piperidine rings is 1. The molecule has 0 saturated carbocycles. The van der Waals surface area contributed by atoms with Gasteiger partial charge in [-0.1, -0.05) is 6.07 Å². The number of ether oxygens (including phenoxy) is 3. The highest BCUT2D eigenvalue weighted by Gasteiger charge is 2.24. The van der Waals surface area contributed by atoms with Crippen LogP contribution in [0.4, 0.5) is 4.79 Å². The highest BCUT2D eigenvalue weighted by molar-refractivity contribution is 14.0. The maximum atomic E-state index is 11.8. The van der Waals surface area contributed by atoms with Crippen molar-refractivity contribution >= 4 is 36.0 Å². The molecule has 1 heterocycles. The first kappa shape index (κ1) is 27.1. The van der Waals surface area contributed by atoms with E-state index < -0.39 is 0 Å². The summed E-state index contributed by atoms with van der Waals surface area (Å²) in [6.07, 6.45) is 1.37. The van der Waals surface area contributed by atoms with Gasteiger partial charge in [0, 0.05) is 19.1 Å². The summed E-state index contributed by atoms with van der Waals surface area (Å²) in [5.41, 5.74) is 7.21. The number of hydrogen-bond donors (Lipinski definition) is 2. The smallest absolute Gasteiger partial charge is 0.409 e. The minimum atomic E-state index is -0.249. The van der Waals surface area contributed by atoms with Crippen molar-refractivity contribution in [1.82, 2.24) is 15.1 Å². The second kappa shape index (κ2) is 13.5. The maximum absolute atomic E-state index is 11.8. The van der Waals surface area contributed by atoms with Gasteiger partial charge in [-0.3, -0.25) is 4.99 Å². The average molecular weight is 549 g/mol. The van der Waals surface area contributed by atoms with E-state index in [0.717, 1.165) is 18.4 Å². The summed E-state index contributed by atoms with van der Waals surface area (Å²) in [6, 6.07) is 6.10. The molecule has 31 heavy (non-hydrogen) atoms. The Bertz CT molecular complexity index is 724. The van der Waals surface area contributed by atoms with Gasteiger partial charge in [0.25, 0.3) is 0 Å². The van der Waals surface area contributed by atoms with Gasteiger partial charge in [-0.25, -0.2) is 4.79 Å². The lowest BCUT2D eigenvalue weighted by Gasteiger charge is -2.32. The summed E-state index contributed by atoms with van der Waals surface area (Å²) in [7, 11) is 7.26. The molecular formula is C21H36IN5O4. The zero-order valence-electron chi connectivity index (χ0n) is 19.1. The lowest BCUT2D eigenvalue weighted by molar-refractivity contribution is 0.0963. The number of nitrogens with two attached hydrogens (primary N) is 1. The van der Waals surface area contributed by atoms with E-state index in [9.17, 15) is 4.79 Å². The molecule has 3 N–H and O–H groups in total. The molecule has 1 aromatic carbocycles. The number of guanidine groups is 1. The molecule has 9 nitrogen and oxygen atoms in total. The van der Waals surface area contributed by atoms with Crippen LogP contribution in [-0.4, -0.2) is 82.5 Å². The van der Waals surface area contributed by atoms with Crippen molar-refractivity contribution in [1.29, 1.82) is 0 Å². The Labute approximate surface area is 202 Å². The largest absolute Gasteiger partial charge is 0.493 e. The number of methoxy groups -OCH3 is 2. The normalized spacial score (nSPS) is 15.8. The average Bonchev–Trinajstić information content (AvgIpc) is 2.74. The number of nitrogens with one attached hydrogen (secondary N) is 1. The predicted octanol–water partition coefficient (Wildman–Crippen LogP) is 2.45. The molecule has 10 heteroatoms. The third-order valence-corrected chi connectivity index (χ3v) is 5.22. The predicted molar refractivity (Wildman–Crippen MR) is 133 cm³/mol. The van der Waals surface area contributed by atoms with E-state index in [1.54, 1.807) is 19.1 Å². The molecule has 0 radical (unpaired) electrons. The van der Waals surface area contributed by atoms with Crippen LogP contribution < -0.4 is 20.5 Å². The first-order valence-electron chi connectivity index (χ1n) is 10.3. The molecule has 1 atom stereocenters. The van der Waals surface area contributed by atoms with Crippen LogP contribution in [0.3, 0.4) is 0 Å². The van der Waals surface area contributed by atoms with Crippen LogP contribution in [-0.2, 0) is 4.74 Å². The number of benzene rings is 1. The van der Waals surface area contributed by atoms with Crippen molar-refractivity contribution < 1.29 is 19.0 Å². The molecule has 1 aliphatic heterocycles. The van der Waals surface area contributed by atoms with Gasteiger partial charge < -0.3 is 35.1 Å². The van der Waals surface area contributed by atoms with Gasteiger partial charge in [-0.2, -0.15) is 0 Å². The van der Waals surface area contributed by atoms with E-state index in [2.05, 4.69) is 15.2 Å². The van der Waals surface area contributed by atoms with Crippen LogP contribution in [0.25, 0.3) is 0 Å². The van der Waals surface area contributed by atoms with Gasteiger partial charge in [0.05, 0.1) is 33.4 Å². The second-order valence-electron chi connectivity index (χ2n) is 7.42. The maximum Gasteiger partial charge on any atom is 0.409 e. The van der Waals surface area contributed by atoms with Crippen LogP contribution in [0.1, 0.15) is 31.4 Å². The molecule has 1 unspecified atom stereocenters. The van der Waals surface area contributed by atoms with Gasteiger partial charge in [-0.15, -0.1) is 24.0 Å². The Morgan fingerprint density at radius 2 is 1.90 bits per heavy atom.